The van der Waals surface area contributed by atoms with Crippen molar-refractivity contribution >= 4 is 10.1 Å². The number of ether oxygens (including phenoxy) is 1. The number of aromatic nitrogens is 2. The average molecular weight is 425 g/mol. The number of rotatable bonds is 1. The van der Waals surface area contributed by atoms with Crippen molar-refractivity contribution in [3.63, 3.8) is 0 Å². The van der Waals surface area contributed by atoms with Gasteiger partial charge < -0.3 is 14.7 Å². The molecule has 0 amide bonds. The summed E-state index contributed by atoms with van der Waals surface area (Å²) in [5.41, 5.74) is -4.33. The van der Waals surface area contributed by atoms with E-state index in [1.54, 1.807) is 25.7 Å². The van der Waals surface area contributed by atoms with Crippen molar-refractivity contribution in [2.45, 2.75) is 63.0 Å². The number of nitrogens with zero attached hydrogens (tertiary/aromatic N) is 2. The minimum absolute atomic E-state index is 0.0465. The van der Waals surface area contributed by atoms with E-state index in [1.165, 1.54) is 10.8 Å². The van der Waals surface area contributed by atoms with Crippen LogP contribution in [0.15, 0.2) is 27.6 Å². The lowest BCUT2D eigenvalue weighted by molar-refractivity contribution is -0.167. The molecule has 0 unspecified atom stereocenters. The van der Waals surface area contributed by atoms with E-state index in [0.717, 1.165) is 5.70 Å². The summed E-state index contributed by atoms with van der Waals surface area (Å²) in [4.78, 5) is 27.9. The molecule has 2 N–H and O–H groups in total. The number of aliphatic hydroxyl groups is 1. The second kappa shape index (κ2) is 5.20. The number of hydrogen-bond acceptors (Lipinski definition) is 8. The zero-order valence-corrected chi connectivity index (χ0v) is 17.3. The molecule has 4 aliphatic heterocycles. The maximum Gasteiger partial charge on any atom is 0.330 e. The Hall–Kier alpha value is -1.95. The molecule has 0 radical (unpaired) electrons. The smallest absolute Gasteiger partial charge is 0.330 e. The van der Waals surface area contributed by atoms with Crippen molar-refractivity contribution < 1.29 is 22.4 Å². The molecular formula is C18H23N3O7S. The van der Waals surface area contributed by atoms with Gasteiger partial charge in [0.1, 0.15) is 17.6 Å². The molecule has 3 saturated heterocycles. The van der Waals surface area contributed by atoms with E-state index in [1.807, 2.05) is 13.0 Å². The molecular weight excluding hydrogens is 402 g/mol. The molecule has 11 heteroatoms. The topological polar surface area (TPSA) is 131 Å². The van der Waals surface area contributed by atoms with Crippen LogP contribution in [0.4, 0.5) is 0 Å². The number of allylic oxidation sites excluding steroid dienone is 2. The molecule has 1 aromatic rings. The van der Waals surface area contributed by atoms with E-state index in [9.17, 15) is 23.1 Å². The van der Waals surface area contributed by atoms with Crippen LogP contribution in [0.25, 0.3) is 0 Å². The fourth-order valence-corrected chi connectivity index (χ4v) is 8.13. The third-order valence-electron chi connectivity index (χ3n) is 6.76. The first-order valence-electron chi connectivity index (χ1n) is 9.45. The quantitative estimate of drug-likeness (QED) is 0.579. The molecule has 3 fully saturated rings. The summed E-state index contributed by atoms with van der Waals surface area (Å²) in [6.45, 7) is 7.12. The van der Waals surface area contributed by atoms with Crippen LogP contribution in [-0.4, -0.2) is 57.2 Å². The van der Waals surface area contributed by atoms with E-state index in [0.29, 0.717) is 5.56 Å². The maximum atomic E-state index is 13.0. The molecule has 5 atom stereocenters. The molecule has 5 rings (SSSR count). The number of hydrogen-bond donors (Lipinski definition) is 2. The van der Waals surface area contributed by atoms with Crippen molar-refractivity contribution in [1.29, 1.82) is 0 Å². The Labute approximate surface area is 166 Å². The Morgan fingerprint density at radius 1 is 1.28 bits per heavy atom. The van der Waals surface area contributed by atoms with Gasteiger partial charge in [0.25, 0.3) is 15.7 Å². The van der Waals surface area contributed by atoms with Gasteiger partial charge in [-0.1, -0.05) is 19.9 Å². The highest BCUT2D eigenvalue weighted by molar-refractivity contribution is 7.87. The van der Waals surface area contributed by atoms with E-state index >= 15 is 0 Å². The molecule has 10 nitrogen and oxygen atoms in total. The van der Waals surface area contributed by atoms with Gasteiger partial charge in [0, 0.05) is 35.8 Å². The Morgan fingerprint density at radius 3 is 2.66 bits per heavy atom. The van der Waals surface area contributed by atoms with Crippen LogP contribution in [-0.2, 0) is 19.0 Å². The Kier molecular flexibility index (Phi) is 3.42. The number of H-pyrrole nitrogens is 1. The summed E-state index contributed by atoms with van der Waals surface area (Å²) >= 11 is 0. The standard InChI is InChI=1S/C18H23N3O7S/c1-9-7-20(15(23)19-13(9)22)12-6-17-11(27-12)8-21-10(2)5-16(3,4)14(18(17,21)24)29(25,26)28-17/h5,7,11-12,14,24H,6,8H2,1-4H3,(H,19,22,23)/t11-,12-,14-,17+,18-/m1/s1. The Balaban J connectivity index is 1.67. The first-order chi connectivity index (χ1) is 13.3. The average Bonchev–Trinajstić information content (AvgIpc) is 3.08. The van der Waals surface area contributed by atoms with Gasteiger partial charge in [0.05, 0.1) is 0 Å². The summed E-state index contributed by atoms with van der Waals surface area (Å²) in [6, 6.07) is 0. The van der Waals surface area contributed by atoms with Gasteiger partial charge in [-0.3, -0.25) is 18.5 Å². The molecule has 1 spiro atoms. The summed E-state index contributed by atoms with van der Waals surface area (Å²) in [6.07, 6.45) is 1.52. The van der Waals surface area contributed by atoms with Crippen LogP contribution in [0.5, 0.6) is 0 Å². The zero-order valence-electron chi connectivity index (χ0n) is 16.5. The Morgan fingerprint density at radius 2 is 1.97 bits per heavy atom. The Bertz CT molecular complexity index is 1180. The van der Waals surface area contributed by atoms with Gasteiger partial charge in [-0.25, -0.2) is 4.79 Å². The molecule has 0 bridgehead atoms. The highest BCUT2D eigenvalue weighted by Crippen LogP contribution is 2.64. The van der Waals surface area contributed by atoms with E-state index in [-0.39, 0.29) is 13.0 Å². The molecule has 1 aromatic heterocycles. The van der Waals surface area contributed by atoms with Crippen molar-refractivity contribution in [2.24, 2.45) is 5.41 Å². The lowest BCUT2D eigenvalue weighted by Crippen LogP contribution is -2.66. The van der Waals surface area contributed by atoms with E-state index in [4.69, 9.17) is 8.92 Å². The van der Waals surface area contributed by atoms with Crippen LogP contribution in [0.3, 0.4) is 0 Å². The summed E-state index contributed by atoms with van der Waals surface area (Å²) in [5, 5.41) is 10.7. The summed E-state index contributed by atoms with van der Waals surface area (Å²) < 4.78 is 39.0. The predicted molar refractivity (Wildman–Crippen MR) is 100 cm³/mol. The minimum atomic E-state index is -4.12. The first kappa shape index (κ1) is 19.0. The van der Waals surface area contributed by atoms with Gasteiger partial charge in [-0.05, 0) is 13.8 Å². The normalized spacial score (nSPS) is 41.2. The third-order valence-corrected chi connectivity index (χ3v) is 8.80. The highest BCUT2D eigenvalue weighted by atomic mass is 32.2. The molecule has 29 heavy (non-hydrogen) atoms. The van der Waals surface area contributed by atoms with E-state index in [2.05, 4.69) is 4.98 Å². The monoisotopic (exact) mass is 425 g/mol. The largest absolute Gasteiger partial charge is 0.367 e. The molecule has 158 valence electrons. The zero-order chi connectivity index (χ0) is 21.1. The molecule has 0 saturated carbocycles. The predicted octanol–water partition coefficient (Wildman–Crippen LogP) is -0.452. The molecule has 0 aromatic carbocycles. The first-order valence-corrected chi connectivity index (χ1v) is 10.9. The third kappa shape index (κ3) is 2.08. The highest BCUT2D eigenvalue weighted by Gasteiger charge is 2.83. The van der Waals surface area contributed by atoms with Crippen LogP contribution < -0.4 is 11.2 Å². The van der Waals surface area contributed by atoms with Crippen molar-refractivity contribution in [3.05, 3.63) is 44.4 Å². The SMILES string of the molecule is CC1=CC(C)(C)[C@@H]2[C@]3(O)N1C[C@H]1O[C@@H](n4cc(C)c(=O)[nH]c4=O)C[C@]13OS2(=O)=O. The minimum Gasteiger partial charge on any atom is -0.367 e. The lowest BCUT2D eigenvalue weighted by Gasteiger charge is -2.49. The number of nitrogens with one attached hydrogen (secondary N) is 1. The molecule has 5 heterocycles. The van der Waals surface area contributed by atoms with Crippen LogP contribution in [0.2, 0.25) is 0 Å². The fourth-order valence-electron chi connectivity index (χ4n) is 5.78. The number of aromatic amines is 1. The van der Waals surface area contributed by atoms with Crippen LogP contribution in [0, 0.1) is 12.3 Å². The second-order valence-corrected chi connectivity index (χ2v) is 10.7. The maximum absolute atomic E-state index is 13.0. The van der Waals surface area contributed by atoms with Gasteiger partial charge >= 0.3 is 5.69 Å². The van der Waals surface area contributed by atoms with Crippen LogP contribution in [0.1, 0.15) is 39.0 Å². The summed E-state index contributed by atoms with van der Waals surface area (Å²) in [5.74, 6) is 0. The van der Waals surface area contributed by atoms with Crippen molar-refractivity contribution in [3.8, 4) is 0 Å². The number of aryl methyl sites for hydroxylation is 1. The lowest BCUT2D eigenvalue weighted by atomic mass is 9.72. The summed E-state index contributed by atoms with van der Waals surface area (Å²) in [7, 11) is -4.12. The van der Waals surface area contributed by atoms with Gasteiger partial charge in [0.15, 0.2) is 11.3 Å². The molecule has 4 aliphatic rings. The van der Waals surface area contributed by atoms with Crippen LogP contribution >= 0.6 is 0 Å². The van der Waals surface area contributed by atoms with Gasteiger partial charge in [0.2, 0.25) is 0 Å². The van der Waals surface area contributed by atoms with Gasteiger partial charge in [-0.2, -0.15) is 8.42 Å². The van der Waals surface area contributed by atoms with Crippen molar-refractivity contribution in [1.82, 2.24) is 14.5 Å². The van der Waals surface area contributed by atoms with Crippen molar-refractivity contribution in [2.75, 3.05) is 6.54 Å². The van der Waals surface area contributed by atoms with Gasteiger partial charge in [-0.15, -0.1) is 0 Å². The molecule has 0 aliphatic carbocycles. The van der Waals surface area contributed by atoms with E-state index < -0.39 is 55.7 Å². The fraction of sp³-hybridized carbons (Fsp3) is 0.667. The second-order valence-electron chi connectivity index (χ2n) is 9.05.